The maximum Gasteiger partial charge on any atom is 0.127 e. The number of rotatable bonds is 6. The highest BCUT2D eigenvalue weighted by Gasteiger charge is 2.26. The number of nitrogens with zero attached hydrogens (tertiary/aromatic N) is 2. The molecule has 0 aliphatic rings. The number of nitrogens with two attached hydrogens (primary N) is 1. The van der Waals surface area contributed by atoms with Crippen molar-refractivity contribution in [3.8, 4) is 0 Å². The molecule has 0 aliphatic carbocycles. The molecule has 110 valence electrons. The van der Waals surface area contributed by atoms with Gasteiger partial charge in [0, 0.05) is 25.0 Å². The third kappa shape index (κ3) is 3.72. The second-order valence-electron chi connectivity index (χ2n) is 6.32. The Morgan fingerprint density at radius 1 is 1.37 bits per heavy atom. The molecule has 1 atom stereocenters. The number of hydrogen-bond donors (Lipinski definition) is 1. The second kappa shape index (κ2) is 6.42. The van der Waals surface area contributed by atoms with E-state index < -0.39 is 0 Å². The van der Waals surface area contributed by atoms with Crippen LogP contribution in [0, 0.1) is 0 Å². The van der Waals surface area contributed by atoms with Crippen molar-refractivity contribution in [3.63, 3.8) is 0 Å². The molecule has 1 rings (SSSR count). The van der Waals surface area contributed by atoms with Gasteiger partial charge in [0.15, 0.2) is 0 Å². The molecule has 1 heterocycles. The predicted molar refractivity (Wildman–Crippen MR) is 80.5 cm³/mol. The Hall–Kier alpha value is -1.03. The summed E-state index contributed by atoms with van der Waals surface area (Å²) in [5.41, 5.74) is 7.30. The average Bonchev–Trinajstić information content (AvgIpc) is 2.64. The first-order valence-electron chi connectivity index (χ1n) is 7.18. The first kappa shape index (κ1) is 16.0. The highest BCUT2D eigenvalue weighted by molar-refractivity contribution is 5.41. The summed E-state index contributed by atoms with van der Waals surface area (Å²) >= 11 is 0. The van der Waals surface area contributed by atoms with E-state index in [4.69, 9.17) is 15.5 Å². The van der Waals surface area contributed by atoms with Crippen LogP contribution in [0.3, 0.4) is 0 Å². The number of ether oxygens (including phenoxy) is 1. The zero-order valence-corrected chi connectivity index (χ0v) is 13.3. The Kier molecular flexibility index (Phi) is 5.41. The number of imidazole rings is 1. The molecule has 1 aromatic heterocycles. The third-order valence-corrected chi connectivity index (χ3v) is 3.32. The first-order valence-corrected chi connectivity index (χ1v) is 7.18. The summed E-state index contributed by atoms with van der Waals surface area (Å²) in [6.07, 6.45) is 2.28. The molecule has 0 aliphatic heterocycles. The van der Waals surface area contributed by atoms with Crippen molar-refractivity contribution in [1.29, 1.82) is 0 Å². The Morgan fingerprint density at radius 3 is 2.47 bits per heavy atom. The average molecular weight is 267 g/mol. The third-order valence-electron chi connectivity index (χ3n) is 3.32. The van der Waals surface area contributed by atoms with Gasteiger partial charge in [-0.25, -0.2) is 4.98 Å². The molecule has 0 amide bonds. The molecule has 0 fully saturated rings. The lowest BCUT2D eigenvalue weighted by Gasteiger charge is -2.20. The molecule has 1 aromatic rings. The number of aromatic nitrogens is 2. The molecule has 2 N–H and O–H groups in total. The van der Waals surface area contributed by atoms with Crippen LogP contribution in [-0.4, -0.2) is 23.3 Å². The van der Waals surface area contributed by atoms with E-state index in [0.717, 1.165) is 36.7 Å². The van der Waals surface area contributed by atoms with E-state index in [1.54, 1.807) is 7.11 Å². The standard InChI is InChI=1S/C15H29N3O/c1-7-8-9-18-13(16)12(11(2)10-19-6)17-14(18)15(3,4)5/h11H,7-10,16H2,1-6H3. The van der Waals surface area contributed by atoms with Crippen LogP contribution in [0.1, 0.15) is 64.9 Å². The first-order chi connectivity index (χ1) is 8.82. The summed E-state index contributed by atoms with van der Waals surface area (Å²) in [7, 11) is 1.71. The minimum atomic E-state index is 0.00685. The fourth-order valence-electron chi connectivity index (χ4n) is 2.29. The minimum absolute atomic E-state index is 0.00685. The molecule has 4 nitrogen and oxygen atoms in total. The van der Waals surface area contributed by atoms with Crippen molar-refractivity contribution in [2.45, 2.75) is 65.3 Å². The van der Waals surface area contributed by atoms with Gasteiger partial charge in [-0.15, -0.1) is 0 Å². The van der Waals surface area contributed by atoms with E-state index in [2.05, 4.69) is 39.2 Å². The lowest BCUT2D eigenvalue weighted by molar-refractivity contribution is 0.183. The number of nitrogen functional groups attached to an aromatic ring is 1. The highest BCUT2D eigenvalue weighted by Crippen LogP contribution is 2.30. The van der Waals surface area contributed by atoms with Gasteiger partial charge in [-0.2, -0.15) is 0 Å². The number of unbranched alkanes of at least 4 members (excludes halogenated alkanes) is 1. The van der Waals surface area contributed by atoms with Gasteiger partial charge in [-0.1, -0.05) is 41.0 Å². The predicted octanol–water partition coefficient (Wildman–Crippen LogP) is 3.31. The molecule has 0 radical (unpaired) electrons. The maximum atomic E-state index is 6.32. The van der Waals surface area contributed by atoms with Crippen LogP contribution < -0.4 is 5.73 Å². The van der Waals surface area contributed by atoms with Gasteiger partial charge in [-0.05, 0) is 6.42 Å². The maximum absolute atomic E-state index is 6.32. The topological polar surface area (TPSA) is 53.1 Å². The summed E-state index contributed by atoms with van der Waals surface area (Å²) in [5.74, 6) is 2.12. The Balaban J connectivity index is 3.18. The van der Waals surface area contributed by atoms with Gasteiger partial charge in [0.2, 0.25) is 0 Å². The van der Waals surface area contributed by atoms with Gasteiger partial charge < -0.3 is 15.0 Å². The zero-order chi connectivity index (χ0) is 14.6. The molecule has 19 heavy (non-hydrogen) atoms. The molecule has 4 heteroatoms. The van der Waals surface area contributed by atoms with Gasteiger partial charge in [0.25, 0.3) is 0 Å². The molecule has 0 spiro atoms. The molecular formula is C15H29N3O. The quantitative estimate of drug-likeness (QED) is 0.860. The van der Waals surface area contributed by atoms with Gasteiger partial charge in [-0.3, -0.25) is 0 Å². The Bertz CT molecular complexity index is 404. The summed E-state index contributed by atoms with van der Waals surface area (Å²) in [6, 6.07) is 0. The van der Waals surface area contributed by atoms with Crippen LogP contribution in [0.5, 0.6) is 0 Å². The Labute approximate surface area is 117 Å². The largest absolute Gasteiger partial charge is 0.384 e. The van der Waals surface area contributed by atoms with E-state index in [9.17, 15) is 0 Å². The zero-order valence-electron chi connectivity index (χ0n) is 13.3. The molecule has 0 aromatic carbocycles. The van der Waals surface area contributed by atoms with Crippen LogP contribution in [0.15, 0.2) is 0 Å². The second-order valence-corrected chi connectivity index (χ2v) is 6.32. The van der Waals surface area contributed by atoms with Crippen LogP contribution in [0.25, 0.3) is 0 Å². The van der Waals surface area contributed by atoms with Crippen LogP contribution in [0.2, 0.25) is 0 Å². The molecular weight excluding hydrogens is 238 g/mol. The normalized spacial score (nSPS) is 13.8. The summed E-state index contributed by atoms with van der Waals surface area (Å²) in [6.45, 7) is 12.4. The monoisotopic (exact) mass is 267 g/mol. The molecule has 0 saturated heterocycles. The van der Waals surface area contributed by atoms with Gasteiger partial charge in [0.05, 0.1) is 12.3 Å². The highest BCUT2D eigenvalue weighted by atomic mass is 16.5. The van der Waals surface area contributed by atoms with Crippen LogP contribution in [-0.2, 0) is 16.7 Å². The summed E-state index contributed by atoms with van der Waals surface area (Å²) < 4.78 is 7.41. The van der Waals surface area contributed by atoms with Crippen LogP contribution >= 0.6 is 0 Å². The molecule has 1 unspecified atom stereocenters. The lowest BCUT2D eigenvalue weighted by Crippen LogP contribution is -2.20. The summed E-state index contributed by atoms with van der Waals surface area (Å²) in [5, 5.41) is 0. The van der Waals surface area contributed by atoms with E-state index >= 15 is 0 Å². The van der Waals surface area contributed by atoms with Crippen molar-refractivity contribution in [1.82, 2.24) is 9.55 Å². The van der Waals surface area contributed by atoms with Gasteiger partial charge >= 0.3 is 0 Å². The smallest absolute Gasteiger partial charge is 0.127 e. The number of anilines is 1. The molecule has 0 bridgehead atoms. The van der Waals surface area contributed by atoms with Crippen LogP contribution in [0.4, 0.5) is 5.82 Å². The summed E-state index contributed by atoms with van der Waals surface area (Å²) in [4.78, 5) is 4.81. The Morgan fingerprint density at radius 2 is 2.00 bits per heavy atom. The van der Waals surface area contributed by atoms with Crippen molar-refractivity contribution in [3.05, 3.63) is 11.5 Å². The fraction of sp³-hybridized carbons (Fsp3) is 0.800. The number of hydrogen-bond acceptors (Lipinski definition) is 3. The van der Waals surface area contributed by atoms with E-state index in [1.165, 1.54) is 0 Å². The number of methoxy groups -OCH3 is 1. The molecule has 0 saturated carbocycles. The van der Waals surface area contributed by atoms with Crippen molar-refractivity contribution >= 4 is 5.82 Å². The van der Waals surface area contributed by atoms with E-state index in [0.29, 0.717) is 6.61 Å². The minimum Gasteiger partial charge on any atom is -0.384 e. The van der Waals surface area contributed by atoms with Crippen molar-refractivity contribution in [2.24, 2.45) is 0 Å². The van der Waals surface area contributed by atoms with E-state index in [1.807, 2.05) is 0 Å². The van der Waals surface area contributed by atoms with Crippen molar-refractivity contribution < 1.29 is 4.74 Å². The SMILES string of the molecule is CCCCn1c(C(C)(C)C)nc(C(C)COC)c1N. The lowest BCUT2D eigenvalue weighted by atomic mass is 9.95. The fourth-order valence-corrected chi connectivity index (χ4v) is 2.29. The van der Waals surface area contributed by atoms with E-state index in [-0.39, 0.29) is 11.3 Å². The van der Waals surface area contributed by atoms with Gasteiger partial charge in [0.1, 0.15) is 11.6 Å². The van der Waals surface area contributed by atoms with Crippen molar-refractivity contribution in [2.75, 3.05) is 19.5 Å².